The predicted molar refractivity (Wildman–Crippen MR) is 78.8 cm³/mol. The van der Waals surface area contributed by atoms with E-state index < -0.39 is 0 Å². The Morgan fingerprint density at radius 3 is 3.11 bits per heavy atom. The van der Waals surface area contributed by atoms with Gasteiger partial charge in [0.1, 0.15) is 21.6 Å². The maximum atomic E-state index is 6.10. The number of thioether (sulfide) groups is 1. The molecule has 7 heteroatoms. The number of aromatic nitrogens is 2. The van der Waals surface area contributed by atoms with Gasteiger partial charge in [0.15, 0.2) is 0 Å². The van der Waals surface area contributed by atoms with Crippen LogP contribution in [0.5, 0.6) is 0 Å². The molecule has 4 nitrogen and oxygen atoms in total. The lowest BCUT2D eigenvalue weighted by atomic mass is 10.2. The van der Waals surface area contributed by atoms with Gasteiger partial charge in [0, 0.05) is 36.1 Å². The second-order valence-electron chi connectivity index (χ2n) is 4.50. The highest BCUT2D eigenvalue weighted by Gasteiger charge is 2.28. The summed E-state index contributed by atoms with van der Waals surface area (Å²) in [5.41, 5.74) is 0.867. The Morgan fingerprint density at radius 1 is 1.53 bits per heavy atom. The average Bonchev–Trinajstić information content (AvgIpc) is 3.00. The van der Waals surface area contributed by atoms with Crippen molar-refractivity contribution in [3.05, 3.63) is 33.7 Å². The van der Waals surface area contributed by atoms with E-state index in [0.717, 1.165) is 41.8 Å². The van der Waals surface area contributed by atoms with Crippen LogP contribution < -0.4 is 0 Å². The van der Waals surface area contributed by atoms with E-state index in [1.165, 1.54) is 11.5 Å². The minimum Gasteiger partial charge on any atom is -0.465 e. The van der Waals surface area contributed by atoms with Crippen LogP contribution >= 0.6 is 34.9 Å². The zero-order chi connectivity index (χ0) is 13.2. The molecule has 102 valence electrons. The summed E-state index contributed by atoms with van der Waals surface area (Å²) in [6.45, 7) is 3.73. The van der Waals surface area contributed by atoms with Crippen molar-refractivity contribution in [3.63, 3.8) is 0 Å². The molecule has 1 aliphatic heterocycles. The fourth-order valence-corrected chi connectivity index (χ4v) is 3.95. The molecule has 19 heavy (non-hydrogen) atoms. The summed E-state index contributed by atoms with van der Waals surface area (Å²) in [4.78, 5) is 2.37. The van der Waals surface area contributed by atoms with Crippen molar-refractivity contribution >= 4 is 34.9 Å². The molecular formula is C12H14ClN3OS2. The van der Waals surface area contributed by atoms with Gasteiger partial charge in [-0.05, 0) is 19.1 Å². The molecule has 0 saturated carbocycles. The molecule has 0 radical (unpaired) electrons. The SMILES string of the molecule is Cc1ccc([C@H]2CSCCN2Cc2nnsc2Cl)o1. The predicted octanol–water partition coefficient (Wildman–Crippen LogP) is 3.38. The topological polar surface area (TPSA) is 42.2 Å². The summed E-state index contributed by atoms with van der Waals surface area (Å²) in [7, 11) is 0. The van der Waals surface area contributed by atoms with Crippen LogP contribution in [0.25, 0.3) is 0 Å². The van der Waals surface area contributed by atoms with Gasteiger partial charge in [-0.3, -0.25) is 4.90 Å². The Bertz CT molecular complexity index is 557. The van der Waals surface area contributed by atoms with Crippen LogP contribution in [0, 0.1) is 6.92 Å². The summed E-state index contributed by atoms with van der Waals surface area (Å²) in [6, 6.07) is 4.38. The summed E-state index contributed by atoms with van der Waals surface area (Å²) in [5.74, 6) is 4.16. The number of rotatable bonds is 3. The van der Waals surface area contributed by atoms with E-state index in [9.17, 15) is 0 Å². The first-order chi connectivity index (χ1) is 9.24. The van der Waals surface area contributed by atoms with Crippen molar-refractivity contribution < 1.29 is 4.42 Å². The third kappa shape index (κ3) is 2.97. The van der Waals surface area contributed by atoms with E-state index in [2.05, 4.69) is 20.6 Å². The van der Waals surface area contributed by atoms with Gasteiger partial charge < -0.3 is 4.42 Å². The van der Waals surface area contributed by atoms with Crippen LogP contribution in [0.3, 0.4) is 0 Å². The minimum atomic E-state index is 0.296. The Balaban J connectivity index is 1.79. The van der Waals surface area contributed by atoms with Crippen LogP contribution in [0.1, 0.15) is 23.3 Å². The Morgan fingerprint density at radius 2 is 2.42 bits per heavy atom. The van der Waals surface area contributed by atoms with Crippen LogP contribution in [0.2, 0.25) is 4.34 Å². The summed E-state index contributed by atoms with van der Waals surface area (Å²) >= 11 is 9.30. The molecular weight excluding hydrogens is 302 g/mol. The summed E-state index contributed by atoms with van der Waals surface area (Å²) in [6.07, 6.45) is 0. The first kappa shape index (κ1) is 13.4. The van der Waals surface area contributed by atoms with E-state index in [4.69, 9.17) is 16.0 Å². The van der Waals surface area contributed by atoms with Gasteiger partial charge in [-0.2, -0.15) is 11.8 Å². The number of nitrogens with zero attached hydrogens (tertiary/aromatic N) is 3. The molecule has 1 aliphatic rings. The number of hydrogen-bond acceptors (Lipinski definition) is 6. The third-order valence-electron chi connectivity index (χ3n) is 3.19. The summed E-state index contributed by atoms with van der Waals surface area (Å²) in [5, 5.41) is 4.10. The molecule has 3 heterocycles. The van der Waals surface area contributed by atoms with Crippen molar-refractivity contribution in [2.24, 2.45) is 0 Å². The van der Waals surface area contributed by atoms with E-state index in [-0.39, 0.29) is 0 Å². The number of halogens is 1. The summed E-state index contributed by atoms with van der Waals surface area (Å²) < 4.78 is 10.4. The number of furan rings is 1. The first-order valence-electron chi connectivity index (χ1n) is 6.09. The van der Waals surface area contributed by atoms with Gasteiger partial charge in [0.25, 0.3) is 0 Å². The lowest BCUT2D eigenvalue weighted by molar-refractivity contribution is 0.185. The molecule has 0 aromatic carbocycles. The molecule has 0 spiro atoms. The van der Waals surface area contributed by atoms with Crippen LogP contribution in [-0.4, -0.2) is 32.5 Å². The molecule has 0 unspecified atom stereocenters. The third-order valence-corrected chi connectivity index (χ3v) is 5.20. The van der Waals surface area contributed by atoms with Gasteiger partial charge in [-0.1, -0.05) is 16.1 Å². The molecule has 0 N–H and O–H groups in total. The fourth-order valence-electron chi connectivity index (χ4n) is 2.21. The second kappa shape index (κ2) is 5.83. The molecule has 0 aliphatic carbocycles. The zero-order valence-electron chi connectivity index (χ0n) is 10.5. The lowest BCUT2D eigenvalue weighted by Crippen LogP contribution is -2.35. The van der Waals surface area contributed by atoms with Crippen molar-refractivity contribution in [2.75, 3.05) is 18.1 Å². The first-order valence-corrected chi connectivity index (χ1v) is 8.39. The van der Waals surface area contributed by atoms with Crippen LogP contribution in [0.15, 0.2) is 16.5 Å². The second-order valence-corrected chi connectivity index (χ2v) is 7.01. The standard InChI is InChI=1S/C12H14ClN3OS2/c1-8-2-3-11(17-8)10-7-18-5-4-16(10)6-9-12(13)19-15-14-9/h2-3,10H,4-7H2,1H3/t10-/m1/s1. The molecule has 1 atom stereocenters. The smallest absolute Gasteiger partial charge is 0.138 e. The monoisotopic (exact) mass is 315 g/mol. The highest BCUT2D eigenvalue weighted by Crippen LogP contribution is 2.32. The minimum absolute atomic E-state index is 0.296. The van der Waals surface area contributed by atoms with Crippen LogP contribution in [0.4, 0.5) is 0 Å². The largest absolute Gasteiger partial charge is 0.465 e. The van der Waals surface area contributed by atoms with E-state index in [1.807, 2.05) is 24.8 Å². The van der Waals surface area contributed by atoms with Gasteiger partial charge in [0.05, 0.1) is 6.04 Å². The molecule has 2 aromatic rings. The Kier molecular flexibility index (Phi) is 4.12. The van der Waals surface area contributed by atoms with Crippen molar-refractivity contribution in [2.45, 2.75) is 19.5 Å². The van der Waals surface area contributed by atoms with E-state index >= 15 is 0 Å². The van der Waals surface area contributed by atoms with Crippen molar-refractivity contribution in [3.8, 4) is 0 Å². The van der Waals surface area contributed by atoms with Crippen LogP contribution in [-0.2, 0) is 6.54 Å². The maximum absolute atomic E-state index is 6.10. The van der Waals surface area contributed by atoms with Crippen molar-refractivity contribution in [1.82, 2.24) is 14.5 Å². The molecule has 1 fully saturated rings. The highest BCUT2D eigenvalue weighted by molar-refractivity contribution is 7.99. The lowest BCUT2D eigenvalue weighted by Gasteiger charge is -2.33. The average molecular weight is 316 g/mol. The molecule has 2 aromatic heterocycles. The molecule has 0 bridgehead atoms. The van der Waals surface area contributed by atoms with Gasteiger partial charge >= 0.3 is 0 Å². The normalized spacial score (nSPS) is 20.8. The zero-order valence-corrected chi connectivity index (χ0v) is 12.9. The molecule has 1 saturated heterocycles. The van der Waals surface area contributed by atoms with E-state index in [0.29, 0.717) is 10.4 Å². The fraction of sp³-hybridized carbons (Fsp3) is 0.500. The van der Waals surface area contributed by atoms with Gasteiger partial charge in [-0.25, -0.2) is 0 Å². The van der Waals surface area contributed by atoms with E-state index in [1.54, 1.807) is 0 Å². The maximum Gasteiger partial charge on any atom is 0.138 e. The molecule has 3 rings (SSSR count). The van der Waals surface area contributed by atoms with Gasteiger partial charge in [-0.15, -0.1) is 5.10 Å². The Hall–Kier alpha value is -0.560. The highest BCUT2D eigenvalue weighted by atomic mass is 35.5. The quantitative estimate of drug-likeness (QED) is 0.868. The number of hydrogen-bond donors (Lipinski definition) is 0. The number of aryl methyl sites for hydroxylation is 1. The van der Waals surface area contributed by atoms with Gasteiger partial charge in [0.2, 0.25) is 0 Å². The Labute approximate surface area is 125 Å². The molecule has 0 amide bonds. The van der Waals surface area contributed by atoms with Crippen molar-refractivity contribution in [1.29, 1.82) is 0 Å².